The van der Waals surface area contributed by atoms with Crippen molar-refractivity contribution in [2.45, 2.75) is 6.42 Å². The zero-order valence-electron chi connectivity index (χ0n) is 7.66. The van der Waals surface area contributed by atoms with E-state index in [1.807, 2.05) is 11.1 Å². The zero-order chi connectivity index (χ0) is 9.97. The van der Waals surface area contributed by atoms with Crippen molar-refractivity contribution in [3.63, 3.8) is 0 Å². The Kier molecular flexibility index (Phi) is 2.22. The van der Waals surface area contributed by atoms with E-state index in [9.17, 15) is 0 Å². The maximum atomic E-state index is 8.92. The molecule has 2 rings (SSSR count). The smallest absolute Gasteiger partial charge is 0.0970 e. The van der Waals surface area contributed by atoms with Gasteiger partial charge in [0.2, 0.25) is 0 Å². The summed E-state index contributed by atoms with van der Waals surface area (Å²) in [5, 5.41) is 17.7. The van der Waals surface area contributed by atoms with Gasteiger partial charge in [-0.1, -0.05) is 0 Å². The van der Waals surface area contributed by atoms with Crippen LogP contribution < -0.4 is 0 Å². The molecule has 14 heavy (non-hydrogen) atoms. The van der Waals surface area contributed by atoms with Crippen molar-refractivity contribution in [2.75, 3.05) is 19.8 Å². The predicted octanol–water partition coefficient (Wildman–Crippen LogP) is 0.907. The summed E-state index contributed by atoms with van der Waals surface area (Å²) in [6, 6.07) is 4.23. The van der Waals surface area contributed by atoms with Gasteiger partial charge in [0, 0.05) is 19.2 Å². The first-order chi connectivity index (χ1) is 6.85. The minimum absolute atomic E-state index is 0.447. The Balaban J connectivity index is 2.34. The first kappa shape index (κ1) is 8.80. The highest BCUT2D eigenvalue weighted by molar-refractivity contribution is 5.41. The Labute approximate surface area is 82.3 Å². The van der Waals surface area contributed by atoms with E-state index < -0.39 is 0 Å². The standard InChI is InChI=1S/C10H9N3O/c11-4-8-3-9(5-12)10-7-14-2-1-13(10)6-8/h6H,1-3,7H2. The van der Waals surface area contributed by atoms with E-state index in [0.29, 0.717) is 30.8 Å². The highest BCUT2D eigenvalue weighted by Crippen LogP contribution is 2.26. The van der Waals surface area contributed by atoms with E-state index in [0.717, 1.165) is 12.2 Å². The number of hydrogen-bond donors (Lipinski definition) is 0. The van der Waals surface area contributed by atoms with Gasteiger partial charge in [0.05, 0.1) is 42.2 Å². The van der Waals surface area contributed by atoms with Gasteiger partial charge >= 0.3 is 0 Å². The van der Waals surface area contributed by atoms with Crippen molar-refractivity contribution in [1.29, 1.82) is 10.5 Å². The van der Waals surface area contributed by atoms with Gasteiger partial charge < -0.3 is 9.64 Å². The molecule has 0 N–H and O–H groups in total. The molecule has 1 fully saturated rings. The quantitative estimate of drug-likeness (QED) is 0.565. The highest BCUT2D eigenvalue weighted by Gasteiger charge is 2.23. The first-order valence-electron chi connectivity index (χ1n) is 4.42. The SMILES string of the molecule is N#CC1=CN2CCOCC2=C(C#N)C1. The van der Waals surface area contributed by atoms with Gasteiger partial charge in [-0.3, -0.25) is 0 Å². The molecular weight excluding hydrogens is 178 g/mol. The van der Waals surface area contributed by atoms with Crippen LogP contribution in [0.25, 0.3) is 0 Å². The molecule has 0 aromatic heterocycles. The molecule has 2 aliphatic rings. The summed E-state index contributed by atoms with van der Waals surface area (Å²) >= 11 is 0. The Bertz CT molecular complexity index is 395. The molecule has 0 aromatic rings. The molecule has 0 atom stereocenters. The third-order valence-corrected chi connectivity index (χ3v) is 2.37. The molecule has 2 heterocycles. The molecule has 1 saturated heterocycles. The van der Waals surface area contributed by atoms with Crippen LogP contribution in [0.5, 0.6) is 0 Å². The van der Waals surface area contributed by atoms with E-state index in [4.69, 9.17) is 15.3 Å². The summed E-state index contributed by atoms with van der Waals surface area (Å²) < 4.78 is 5.28. The Morgan fingerprint density at radius 1 is 1.36 bits per heavy atom. The van der Waals surface area contributed by atoms with Crippen molar-refractivity contribution in [1.82, 2.24) is 4.90 Å². The molecule has 0 spiro atoms. The lowest BCUT2D eigenvalue weighted by Crippen LogP contribution is -2.33. The van der Waals surface area contributed by atoms with Crippen LogP contribution in [0.1, 0.15) is 6.42 Å². The van der Waals surface area contributed by atoms with Gasteiger partial charge in [-0.05, 0) is 0 Å². The normalized spacial score (nSPS) is 20.7. The van der Waals surface area contributed by atoms with Crippen molar-refractivity contribution in [3.05, 3.63) is 23.0 Å². The summed E-state index contributed by atoms with van der Waals surface area (Å²) in [4.78, 5) is 1.95. The van der Waals surface area contributed by atoms with Crippen LogP contribution in [-0.4, -0.2) is 24.7 Å². The van der Waals surface area contributed by atoms with Crippen molar-refractivity contribution < 1.29 is 4.74 Å². The fourth-order valence-corrected chi connectivity index (χ4v) is 1.65. The fraction of sp³-hybridized carbons (Fsp3) is 0.400. The van der Waals surface area contributed by atoms with Crippen molar-refractivity contribution in [2.24, 2.45) is 0 Å². The number of nitrogens with zero attached hydrogens (tertiary/aromatic N) is 3. The van der Waals surface area contributed by atoms with Crippen molar-refractivity contribution >= 4 is 0 Å². The molecule has 0 aliphatic carbocycles. The number of allylic oxidation sites excluding steroid dienone is 2. The lowest BCUT2D eigenvalue weighted by Gasteiger charge is -2.32. The van der Waals surface area contributed by atoms with Crippen LogP contribution in [-0.2, 0) is 4.74 Å². The monoisotopic (exact) mass is 187 g/mol. The molecule has 0 unspecified atom stereocenters. The second-order valence-corrected chi connectivity index (χ2v) is 3.23. The summed E-state index contributed by atoms with van der Waals surface area (Å²) in [5.41, 5.74) is 2.22. The van der Waals surface area contributed by atoms with E-state index >= 15 is 0 Å². The number of rotatable bonds is 0. The second kappa shape index (κ2) is 3.53. The number of fused-ring (bicyclic) bond motifs is 1. The summed E-state index contributed by atoms with van der Waals surface area (Å²) in [7, 11) is 0. The van der Waals surface area contributed by atoms with Crippen molar-refractivity contribution in [3.8, 4) is 12.1 Å². The maximum Gasteiger partial charge on any atom is 0.0970 e. The van der Waals surface area contributed by atoms with Crippen LogP contribution in [0.4, 0.5) is 0 Å². The van der Waals surface area contributed by atoms with Gasteiger partial charge in [0.15, 0.2) is 0 Å². The Morgan fingerprint density at radius 2 is 2.21 bits per heavy atom. The van der Waals surface area contributed by atoms with Gasteiger partial charge in [-0.25, -0.2) is 0 Å². The molecule has 0 radical (unpaired) electrons. The molecule has 0 saturated carbocycles. The third-order valence-electron chi connectivity index (χ3n) is 2.37. The van der Waals surface area contributed by atoms with Gasteiger partial charge in [0.25, 0.3) is 0 Å². The van der Waals surface area contributed by atoms with E-state index in [2.05, 4.69) is 12.1 Å². The molecule has 4 heteroatoms. The molecule has 0 bridgehead atoms. The largest absolute Gasteiger partial charge is 0.373 e. The predicted molar refractivity (Wildman–Crippen MR) is 48.5 cm³/mol. The molecule has 2 aliphatic heterocycles. The van der Waals surface area contributed by atoms with Crippen LogP contribution in [0.2, 0.25) is 0 Å². The Hall–Kier alpha value is -1.78. The molecular formula is C10H9N3O. The minimum atomic E-state index is 0.447. The van der Waals surface area contributed by atoms with E-state index in [-0.39, 0.29) is 0 Å². The average molecular weight is 187 g/mol. The second-order valence-electron chi connectivity index (χ2n) is 3.23. The molecule has 0 aromatic carbocycles. The zero-order valence-corrected chi connectivity index (χ0v) is 7.66. The third kappa shape index (κ3) is 1.37. The highest BCUT2D eigenvalue weighted by atomic mass is 16.5. The fourth-order valence-electron chi connectivity index (χ4n) is 1.65. The molecule has 70 valence electrons. The maximum absolute atomic E-state index is 8.92. The van der Waals surface area contributed by atoms with Crippen LogP contribution in [0.3, 0.4) is 0 Å². The van der Waals surface area contributed by atoms with Crippen LogP contribution >= 0.6 is 0 Å². The summed E-state index contributed by atoms with van der Waals surface area (Å²) in [5.74, 6) is 0. The number of morpholine rings is 1. The number of hydrogen-bond acceptors (Lipinski definition) is 4. The Morgan fingerprint density at radius 3 is 2.93 bits per heavy atom. The molecule has 4 nitrogen and oxygen atoms in total. The van der Waals surface area contributed by atoms with Crippen LogP contribution in [0.15, 0.2) is 23.0 Å². The van der Waals surface area contributed by atoms with Gasteiger partial charge in [-0.2, -0.15) is 10.5 Å². The molecule has 0 amide bonds. The van der Waals surface area contributed by atoms with Crippen LogP contribution in [0, 0.1) is 22.7 Å². The lowest BCUT2D eigenvalue weighted by atomic mass is 10.0. The number of ether oxygens (including phenoxy) is 1. The number of nitriles is 2. The van der Waals surface area contributed by atoms with E-state index in [1.165, 1.54) is 0 Å². The van der Waals surface area contributed by atoms with Gasteiger partial charge in [0.1, 0.15) is 0 Å². The van der Waals surface area contributed by atoms with E-state index in [1.54, 1.807) is 0 Å². The summed E-state index contributed by atoms with van der Waals surface area (Å²) in [6.07, 6.45) is 2.26. The van der Waals surface area contributed by atoms with Gasteiger partial charge in [-0.15, -0.1) is 0 Å². The first-order valence-corrected chi connectivity index (χ1v) is 4.42. The topological polar surface area (TPSA) is 60.1 Å². The lowest BCUT2D eigenvalue weighted by molar-refractivity contribution is 0.0893. The average Bonchev–Trinajstić information content (AvgIpc) is 2.27. The minimum Gasteiger partial charge on any atom is -0.373 e. The summed E-state index contributed by atoms with van der Waals surface area (Å²) in [6.45, 7) is 1.86.